The van der Waals surface area contributed by atoms with E-state index in [1.54, 1.807) is 35.3 Å². The molecular formula is C18H15N5O. The second-order valence-corrected chi connectivity index (χ2v) is 5.28. The lowest BCUT2D eigenvalue weighted by atomic mass is 10.1. The highest BCUT2D eigenvalue weighted by Crippen LogP contribution is 2.07. The predicted molar refractivity (Wildman–Crippen MR) is 87.9 cm³/mol. The van der Waals surface area contributed by atoms with Crippen molar-refractivity contribution in [3.8, 4) is 6.07 Å². The molecule has 118 valence electrons. The van der Waals surface area contributed by atoms with E-state index in [-0.39, 0.29) is 5.91 Å². The van der Waals surface area contributed by atoms with Gasteiger partial charge in [0.1, 0.15) is 12.7 Å². The molecule has 0 atom stereocenters. The lowest BCUT2D eigenvalue weighted by Gasteiger charge is -2.07. The Hall–Kier alpha value is -3.46. The summed E-state index contributed by atoms with van der Waals surface area (Å²) < 4.78 is 1.75. The van der Waals surface area contributed by atoms with Crippen LogP contribution in [0.2, 0.25) is 0 Å². The Morgan fingerprint density at radius 2 is 1.96 bits per heavy atom. The fourth-order valence-corrected chi connectivity index (χ4v) is 2.28. The number of carbonyl (C=O) groups excluding carboxylic acids is 1. The molecule has 0 unspecified atom stereocenters. The maximum Gasteiger partial charge on any atom is 0.251 e. The van der Waals surface area contributed by atoms with Crippen LogP contribution in [0.5, 0.6) is 0 Å². The van der Waals surface area contributed by atoms with E-state index in [9.17, 15) is 4.79 Å². The summed E-state index contributed by atoms with van der Waals surface area (Å²) in [7, 11) is 0. The third-order valence-corrected chi connectivity index (χ3v) is 3.54. The molecule has 1 aromatic heterocycles. The standard InChI is InChI=1S/C18H15N5O/c19-9-16-2-1-3-17(8-16)18(24)21-10-14-4-6-15(7-5-14)11-23-13-20-12-22-23/h1-8,12-13H,10-11H2,(H,21,24). The van der Waals surface area contributed by atoms with Crippen molar-refractivity contribution in [2.45, 2.75) is 13.1 Å². The zero-order valence-corrected chi connectivity index (χ0v) is 12.9. The highest BCUT2D eigenvalue weighted by Gasteiger charge is 2.06. The van der Waals surface area contributed by atoms with Crippen molar-refractivity contribution in [3.63, 3.8) is 0 Å². The fraction of sp³-hybridized carbons (Fsp3) is 0.111. The molecule has 6 heteroatoms. The van der Waals surface area contributed by atoms with Gasteiger partial charge in [0.05, 0.1) is 18.2 Å². The Labute approximate surface area is 139 Å². The van der Waals surface area contributed by atoms with E-state index in [1.165, 1.54) is 6.33 Å². The number of hydrogen-bond donors (Lipinski definition) is 1. The van der Waals surface area contributed by atoms with Gasteiger partial charge in [-0.1, -0.05) is 30.3 Å². The number of rotatable bonds is 5. The van der Waals surface area contributed by atoms with Gasteiger partial charge in [0, 0.05) is 12.1 Å². The molecule has 0 aliphatic rings. The topological polar surface area (TPSA) is 83.6 Å². The minimum atomic E-state index is -0.196. The van der Waals surface area contributed by atoms with Gasteiger partial charge in [-0.25, -0.2) is 9.67 Å². The molecule has 2 aromatic carbocycles. The van der Waals surface area contributed by atoms with Crippen LogP contribution >= 0.6 is 0 Å². The van der Waals surface area contributed by atoms with Crippen LogP contribution in [-0.2, 0) is 13.1 Å². The summed E-state index contributed by atoms with van der Waals surface area (Å²) in [6, 6.07) is 16.6. The molecule has 3 aromatic rings. The minimum absolute atomic E-state index is 0.196. The molecule has 0 aliphatic carbocycles. The number of nitrogens with zero attached hydrogens (tertiary/aromatic N) is 4. The van der Waals surface area contributed by atoms with Crippen LogP contribution < -0.4 is 5.32 Å². The zero-order chi connectivity index (χ0) is 16.8. The second kappa shape index (κ2) is 7.20. The van der Waals surface area contributed by atoms with E-state index in [4.69, 9.17) is 5.26 Å². The third-order valence-electron chi connectivity index (χ3n) is 3.54. The minimum Gasteiger partial charge on any atom is -0.348 e. The maximum atomic E-state index is 12.1. The molecule has 0 aliphatic heterocycles. The van der Waals surface area contributed by atoms with Gasteiger partial charge in [-0.2, -0.15) is 10.4 Å². The summed E-state index contributed by atoms with van der Waals surface area (Å²) in [5.41, 5.74) is 3.07. The van der Waals surface area contributed by atoms with Crippen molar-refractivity contribution >= 4 is 5.91 Å². The van der Waals surface area contributed by atoms with Crippen LogP contribution in [0.3, 0.4) is 0 Å². The molecule has 1 amide bonds. The zero-order valence-electron chi connectivity index (χ0n) is 12.9. The first kappa shape index (κ1) is 15.4. The highest BCUT2D eigenvalue weighted by molar-refractivity contribution is 5.94. The van der Waals surface area contributed by atoms with Crippen LogP contribution in [0.4, 0.5) is 0 Å². The molecule has 0 spiro atoms. The van der Waals surface area contributed by atoms with Crippen molar-refractivity contribution in [1.29, 1.82) is 5.26 Å². The van der Waals surface area contributed by atoms with Gasteiger partial charge < -0.3 is 5.32 Å². The molecule has 3 rings (SSSR count). The molecular weight excluding hydrogens is 302 g/mol. The monoisotopic (exact) mass is 317 g/mol. The molecule has 0 saturated heterocycles. The van der Waals surface area contributed by atoms with E-state index in [0.29, 0.717) is 24.2 Å². The number of carbonyl (C=O) groups is 1. The lowest BCUT2D eigenvalue weighted by Crippen LogP contribution is -2.22. The highest BCUT2D eigenvalue weighted by atomic mass is 16.1. The Kier molecular flexibility index (Phi) is 4.63. The smallest absolute Gasteiger partial charge is 0.251 e. The molecule has 6 nitrogen and oxygen atoms in total. The van der Waals surface area contributed by atoms with E-state index in [2.05, 4.69) is 15.4 Å². The van der Waals surface area contributed by atoms with Gasteiger partial charge in [0.15, 0.2) is 0 Å². The van der Waals surface area contributed by atoms with Crippen molar-refractivity contribution in [1.82, 2.24) is 20.1 Å². The maximum absolute atomic E-state index is 12.1. The van der Waals surface area contributed by atoms with Crippen LogP contribution in [0.25, 0.3) is 0 Å². The van der Waals surface area contributed by atoms with Crippen molar-refractivity contribution in [2.24, 2.45) is 0 Å². The Bertz CT molecular complexity index is 863. The summed E-state index contributed by atoms with van der Waals surface area (Å²) >= 11 is 0. The second-order valence-electron chi connectivity index (χ2n) is 5.28. The van der Waals surface area contributed by atoms with E-state index < -0.39 is 0 Å². The summed E-state index contributed by atoms with van der Waals surface area (Å²) in [5.74, 6) is -0.196. The largest absolute Gasteiger partial charge is 0.348 e. The third kappa shape index (κ3) is 3.84. The SMILES string of the molecule is N#Cc1cccc(C(=O)NCc2ccc(Cn3cncn3)cc2)c1. The number of hydrogen-bond acceptors (Lipinski definition) is 4. The summed E-state index contributed by atoms with van der Waals surface area (Å²) in [6.45, 7) is 1.09. The average Bonchev–Trinajstić information content (AvgIpc) is 3.14. The Balaban J connectivity index is 1.58. The van der Waals surface area contributed by atoms with Gasteiger partial charge >= 0.3 is 0 Å². The Morgan fingerprint density at radius 3 is 2.67 bits per heavy atom. The van der Waals surface area contributed by atoms with Crippen LogP contribution in [0, 0.1) is 11.3 Å². The molecule has 1 N–H and O–H groups in total. The predicted octanol–water partition coefficient (Wildman–Crippen LogP) is 2.13. The van der Waals surface area contributed by atoms with Gasteiger partial charge in [0.25, 0.3) is 5.91 Å². The number of nitrogens with one attached hydrogen (secondary N) is 1. The number of nitriles is 1. The van der Waals surface area contributed by atoms with Crippen molar-refractivity contribution in [2.75, 3.05) is 0 Å². The number of aromatic nitrogens is 3. The number of amides is 1. The van der Waals surface area contributed by atoms with Gasteiger partial charge in [-0.3, -0.25) is 4.79 Å². The summed E-state index contributed by atoms with van der Waals surface area (Å²) in [5, 5.41) is 15.8. The van der Waals surface area contributed by atoms with Crippen LogP contribution in [-0.4, -0.2) is 20.7 Å². The number of benzene rings is 2. The quantitative estimate of drug-likeness (QED) is 0.781. The molecule has 1 heterocycles. The molecule has 0 radical (unpaired) electrons. The first-order chi connectivity index (χ1) is 11.7. The van der Waals surface area contributed by atoms with E-state index in [0.717, 1.165) is 11.1 Å². The molecule has 0 bridgehead atoms. The summed E-state index contributed by atoms with van der Waals surface area (Å²) in [4.78, 5) is 16.0. The fourth-order valence-electron chi connectivity index (χ4n) is 2.28. The van der Waals surface area contributed by atoms with Gasteiger partial charge in [-0.15, -0.1) is 0 Å². The van der Waals surface area contributed by atoms with Crippen molar-refractivity contribution in [3.05, 3.63) is 83.4 Å². The van der Waals surface area contributed by atoms with Crippen molar-refractivity contribution < 1.29 is 4.79 Å². The van der Waals surface area contributed by atoms with Crippen LogP contribution in [0.15, 0.2) is 61.2 Å². The van der Waals surface area contributed by atoms with Gasteiger partial charge in [0.2, 0.25) is 0 Å². The molecule has 0 saturated carbocycles. The lowest BCUT2D eigenvalue weighted by molar-refractivity contribution is 0.0951. The first-order valence-electron chi connectivity index (χ1n) is 7.43. The van der Waals surface area contributed by atoms with E-state index in [1.807, 2.05) is 30.3 Å². The molecule has 24 heavy (non-hydrogen) atoms. The normalized spacial score (nSPS) is 10.1. The Morgan fingerprint density at radius 1 is 1.17 bits per heavy atom. The average molecular weight is 317 g/mol. The van der Waals surface area contributed by atoms with E-state index >= 15 is 0 Å². The first-order valence-corrected chi connectivity index (χ1v) is 7.43. The molecule has 0 fully saturated rings. The van der Waals surface area contributed by atoms with Gasteiger partial charge in [-0.05, 0) is 29.3 Å². The summed E-state index contributed by atoms with van der Waals surface area (Å²) in [6.07, 6.45) is 3.18. The van der Waals surface area contributed by atoms with Crippen LogP contribution in [0.1, 0.15) is 27.0 Å².